The zero-order chi connectivity index (χ0) is 13.0. The summed E-state index contributed by atoms with van der Waals surface area (Å²) in [5, 5.41) is 0. The van der Waals surface area contributed by atoms with Crippen LogP contribution >= 0.6 is 15.9 Å². The second kappa shape index (κ2) is 6.21. The number of hydrogen-bond donors (Lipinski definition) is 0. The molecule has 2 rings (SSSR count). The maximum Gasteiger partial charge on any atom is 0.0234 e. The molecule has 1 aromatic rings. The van der Waals surface area contributed by atoms with Crippen LogP contribution in [-0.4, -0.2) is 18.0 Å². The Morgan fingerprint density at radius 2 is 1.83 bits per heavy atom. The summed E-state index contributed by atoms with van der Waals surface area (Å²) in [5.41, 5.74) is 2.06. The number of nitrogens with zero attached hydrogens (tertiary/aromatic N) is 1. The Balaban J connectivity index is 1.88. The highest BCUT2D eigenvalue weighted by molar-refractivity contribution is 9.10. The van der Waals surface area contributed by atoms with Crippen LogP contribution in [0, 0.1) is 5.41 Å². The average molecular weight is 310 g/mol. The van der Waals surface area contributed by atoms with Gasteiger partial charge >= 0.3 is 0 Å². The maximum absolute atomic E-state index is 3.55. The minimum atomic E-state index is 0.634. The van der Waals surface area contributed by atoms with Crippen LogP contribution in [0.5, 0.6) is 0 Å². The summed E-state index contributed by atoms with van der Waals surface area (Å²) in [6.07, 6.45) is 5.45. The monoisotopic (exact) mass is 309 g/mol. The molecule has 0 unspecified atom stereocenters. The summed E-state index contributed by atoms with van der Waals surface area (Å²) in [4.78, 5) is 2.59. The van der Waals surface area contributed by atoms with Crippen molar-refractivity contribution in [1.82, 2.24) is 4.90 Å². The van der Waals surface area contributed by atoms with E-state index in [1.807, 2.05) is 0 Å². The highest BCUT2D eigenvalue weighted by Crippen LogP contribution is 2.40. The lowest BCUT2D eigenvalue weighted by Crippen LogP contribution is -2.55. The molecule has 1 heterocycles. The van der Waals surface area contributed by atoms with E-state index in [9.17, 15) is 0 Å². The maximum atomic E-state index is 3.55. The van der Waals surface area contributed by atoms with Crippen molar-refractivity contribution in [1.29, 1.82) is 0 Å². The molecular weight excluding hydrogens is 286 g/mol. The van der Waals surface area contributed by atoms with Gasteiger partial charge in [-0.05, 0) is 36.0 Å². The van der Waals surface area contributed by atoms with Gasteiger partial charge < -0.3 is 0 Å². The molecule has 0 aliphatic carbocycles. The van der Waals surface area contributed by atoms with E-state index in [1.54, 1.807) is 0 Å². The van der Waals surface area contributed by atoms with E-state index in [0.717, 1.165) is 6.54 Å². The summed E-state index contributed by atoms with van der Waals surface area (Å²) in [6, 6.07) is 8.69. The third kappa shape index (κ3) is 3.36. The van der Waals surface area contributed by atoms with Crippen LogP contribution in [-0.2, 0) is 6.54 Å². The molecule has 0 N–H and O–H groups in total. The first kappa shape index (κ1) is 14.1. The van der Waals surface area contributed by atoms with E-state index in [4.69, 9.17) is 0 Å². The molecule has 0 amide bonds. The van der Waals surface area contributed by atoms with E-state index in [-0.39, 0.29) is 0 Å². The Morgan fingerprint density at radius 1 is 1.17 bits per heavy atom. The lowest BCUT2D eigenvalue weighted by Gasteiger charge is -2.51. The number of hydrogen-bond acceptors (Lipinski definition) is 1. The highest BCUT2D eigenvalue weighted by atomic mass is 79.9. The Morgan fingerprint density at radius 3 is 2.39 bits per heavy atom. The standard InChI is InChI=1S/C16H24BrN/c1-3-8-16(9-4-2)12-18(13-16)11-14-6-5-7-15(17)10-14/h5-7,10H,3-4,8-9,11-13H2,1-2H3. The SMILES string of the molecule is CCCC1(CCC)CN(Cc2cccc(Br)c2)C1. The average Bonchev–Trinajstić information content (AvgIpc) is 2.27. The van der Waals surface area contributed by atoms with Crippen molar-refractivity contribution in [2.75, 3.05) is 13.1 Å². The van der Waals surface area contributed by atoms with Crippen LogP contribution in [0.4, 0.5) is 0 Å². The highest BCUT2D eigenvalue weighted by Gasteiger charge is 2.40. The first-order valence-corrected chi connectivity index (χ1v) is 7.93. The second-order valence-electron chi connectivity index (χ2n) is 5.78. The Bertz CT molecular complexity index is 374. The largest absolute Gasteiger partial charge is 0.298 e. The van der Waals surface area contributed by atoms with Crippen molar-refractivity contribution >= 4 is 15.9 Å². The lowest BCUT2D eigenvalue weighted by atomic mass is 9.72. The molecular formula is C16H24BrN. The summed E-state index contributed by atoms with van der Waals surface area (Å²) in [5.74, 6) is 0. The van der Waals surface area contributed by atoms with Crippen LogP contribution in [0.3, 0.4) is 0 Å². The van der Waals surface area contributed by atoms with Crippen molar-refractivity contribution in [2.24, 2.45) is 5.41 Å². The lowest BCUT2D eigenvalue weighted by molar-refractivity contribution is -0.0203. The van der Waals surface area contributed by atoms with Gasteiger partial charge in [-0.3, -0.25) is 4.90 Å². The first-order chi connectivity index (χ1) is 8.67. The Kier molecular flexibility index (Phi) is 4.85. The third-order valence-electron chi connectivity index (χ3n) is 3.97. The molecule has 1 aliphatic heterocycles. The van der Waals surface area contributed by atoms with E-state index in [1.165, 1.54) is 48.8 Å². The quantitative estimate of drug-likeness (QED) is 0.726. The van der Waals surface area contributed by atoms with Gasteiger partial charge in [0, 0.05) is 24.1 Å². The fourth-order valence-corrected chi connectivity index (χ4v) is 3.86. The van der Waals surface area contributed by atoms with Crippen molar-refractivity contribution in [2.45, 2.75) is 46.1 Å². The smallest absolute Gasteiger partial charge is 0.0234 e. The van der Waals surface area contributed by atoms with Gasteiger partial charge in [0.25, 0.3) is 0 Å². The zero-order valence-electron chi connectivity index (χ0n) is 11.6. The molecule has 2 heteroatoms. The fraction of sp³-hybridized carbons (Fsp3) is 0.625. The van der Waals surface area contributed by atoms with Gasteiger partial charge in [0.05, 0.1) is 0 Å². The molecule has 0 aromatic heterocycles. The molecule has 1 saturated heterocycles. The molecule has 0 spiro atoms. The topological polar surface area (TPSA) is 3.24 Å². The van der Waals surface area contributed by atoms with E-state index < -0.39 is 0 Å². The summed E-state index contributed by atoms with van der Waals surface area (Å²) >= 11 is 3.55. The van der Waals surface area contributed by atoms with Gasteiger partial charge in [-0.2, -0.15) is 0 Å². The predicted octanol–water partition coefficient (Wildman–Crippen LogP) is 4.85. The number of halogens is 1. The molecule has 0 radical (unpaired) electrons. The Hall–Kier alpha value is -0.340. The molecule has 1 aromatic carbocycles. The number of likely N-dealkylation sites (tertiary alicyclic amines) is 1. The molecule has 0 bridgehead atoms. The molecule has 1 fully saturated rings. The molecule has 1 aliphatic rings. The minimum absolute atomic E-state index is 0.634. The third-order valence-corrected chi connectivity index (χ3v) is 4.47. The van der Waals surface area contributed by atoms with Gasteiger partial charge in [-0.25, -0.2) is 0 Å². The van der Waals surface area contributed by atoms with Gasteiger partial charge in [-0.1, -0.05) is 54.8 Å². The Labute approximate surface area is 120 Å². The zero-order valence-corrected chi connectivity index (χ0v) is 13.2. The first-order valence-electron chi connectivity index (χ1n) is 7.14. The summed E-state index contributed by atoms with van der Waals surface area (Å²) in [7, 11) is 0. The van der Waals surface area contributed by atoms with Gasteiger partial charge in [0.1, 0.15) is 0 Å². The van der Waals surface area contributed by atoms with E-state index >= 15 is 0 Å². The van der Waals surface area contributed by atoms with E-state index in [0.29, 0.717) is 5.41 Å². The second-order valence-corrected chi connectivity index (χ2v) is 6.69. The number of rotatable bonds is 6. The molecule has 0 saturated carbocycles. The summed E-state index contributed by atoms with van der Waals surface area (Å²) < 4.78 is 1.19. The summed E-state index contributed by atoms with van der Waals surface area (Å²) in [6.45, 7) is 8.32. The van der Waals surface area contributed by atoms with Crippen LogP contribution in [0.25, 0.3) is 0 Å². The molecule has 18 heavy (non-hydrogen) atoms. The molecule has 100 valence electrons. The van der Waals surface area contributed by atoms with Gasteiger partial charge in [-0.15, -0.1) is 0 Å². The van der Waals surface area contributed by atoms with Gasteiger partial charge in [0.15, 0.2) is 0 Å². The van der Waals surface area contributed by atoms with Crippen molar-refractivity contribution in [3.8, 4) is 0 Å². The van der Waals surface area contributed by atoms with Crippen molar-refractivity contribution < 1.29 is 0 Å². The van der Waals surface area contributed by atoms with Crippen molar-refractivity contribution in [3.05, 3.63) is 34.3 Å². The van der Waals surface area contributed by atoms with Crippen LogP contribution in [0.2, 0.25) is 0 Å². The van der Waals surface area contributed by atoms with Crippen LogP contribution in [0.1, 0.15) is 45.1 Å². The minimum Gasteiger partial charge on any atom is -0.298 e. The normalized spacial score (nSPS) is 18.6. The van der Waals surface area contributed by atoms with Crippen LogP contribution in [0.15, 0.2) is 28.7 Å². The molecule has 0 atom stereocenters. The van der Waals surface area contributed by atoms with Crippen molar-refractivity contribution in [3.63, 3.8) is 0 Å². The number of benzene rings is 1. The van der Waals surface area contributed by atoms with E-state index in [2.05, 4.69) is 58.9 Å². The van der Waals surface area contributed by atoms with Crippen LogP contribution < -0.4 is 0 Å². The van der Waals surface area contributed by atoms with Gasteiger partial charge in [0.2, 0.25) is 0 Å². The fourth-order valence-electron chi connectivity index (χ4n) is 3.41. The predicted molar refractivity (Wildman–Crippen MR) is 81.7 cm³/mol. The molecule has 1 nitrogen and oxygen atoms in total.